The van der Waals surface area contributed by atoms with Gasteiger partial charge in [-0.2, -0.15) is 0 Å². The maximum Gasteiger partial charge on any atom is 0.112 e. The first-order chi connectivity index (χ1) is 11.3. The van der Waals surface area contributed by atoms with Gasteiger partial charge in [-0.15, -0.1) is 0 Å². The molecule has 0 aliphatic carbocycles. The van der Waals surface area contributed by atoms with Crippen molar-refractivity contribution in [2.45, 2.75) is 18.6 Å². The van der Waals surface area contributed by atoms with Crippen molar-refractivity contribution in [3.8, 4) is 0 Å². The Hall–Kier alpha value is -2.58. The molecule has 0 amide bonds. The Balaban J connectivity index is 1.83. The zero-order valence-corrected chi connectivity index (χ0v) is 13.2. The number of para-hydroxylation sites is 1. The van der Waals surface area contributed by atoms with Gasteiger partial charge in [-0.3, -0.25) is 5.32 Å². The zero-order chi connectivity index (χ0) is 15.7. The fourth-order valence-corrected chi connectivity index (χ4v) is 3.37. The molecule has 1 heterocycles. The highest BCUT2D eigenvalue weighted by atomic mass is 15.2. The van der Waals surface area contributed by atoms with Gasteiger partial charge in [-0.1, -0.05) is 78.9 Å². The quantitative estimate of drug-likeness (QED) is 0.719. The summed E-state index contributed by atoms with van der Waals surface area (Å²) in [4.78, 5) is 0. The van der Waals surface area contributed by atoms with Crippen LogP contribution in [0.5, 0.6) is 0 Å². The predicted molar refractivity (Wildman–Crippen MR) is 95.3 cm³/mol. The minimum Gasteiger partial charge on any atom is -0.363 e. The van der Waals surface area contributed by atoms with Crippen LogP contribution in [0.4, 0.5) is 5.69 Å². The van der Waals surface area contributed by atoms with Gasteiger partial charge in [-0.05, 0) is 29.7 Å². The van der Waals surface area contributed by atoms with Crippen LogP contribution < -0.4 is 10.6 Å². The fourth-order valence-electron chi connectivity index (χ4n) is 3.37. The molecule has 3 aromatic rings. The topological polar surface area (TPSA) is 24.1 Å². The average Bonchev–Trinajstić information content (AvgIpc) is 2.62. The lowest BCUT2D eigenvalue weighted by Crippen LogP contribution is -2.51. The second-order valence-electron chi connectivity index (χ2n) is 6.19. The Morgan fingerprint density at radius 2 is 1.35 bits per heavy atom. The molecular weight excluding hydrogens is 280 g/mol. The third-order valence-electron chi connectivity index (χ3n) is 4.57. The lowest BCUT2D eigenvalue weighted by Gasteiger charge is -2.43. The van der Waals surface area contributed by atoms with Crippen LogP contribution in [0.15, 0.2) is 84.9 Å². The highest BCUT2D eigenvalue weighted by molar-refractivity contribution is 5.60. The summed E-state index contributed by atoms with van der Waals surface area (Å²) in [5.41, 5.74) is 4.67. The molecule has 0 saturated heterocycles. The minimum absolute atomic E-state index is 0.166. The second-order valence-corrected chi connectivity index (χ2v) is 6.19. The molecule has 0 spiro atoms. The van der Waals surface area contributed by atoms with Crippen LogP contribution >= 0.6 is 0 Å². The van der Waals surface area contributed by atoms with E-state index in [-0.39, 0.29) is 11.7 Å². The minimum atomic E-state index is -0.309. The molecule has 1 aliphatic heterocycles. The molecule has 0 fully saturated rings. The van der Waals surface area contributed by atoms with Crippen LogP contribution in [0.1, 0.15) is 29.7 Å². The van der Waals surface area contributed by atoms with E-state index in [0.717, 1.165) is 0 Å². The molecule has 2 heteroatoms. The van der Waals surface area contributed by atoms with Crippen molar-refractivity contribution >= 4 is 5.69 Å². The molecule has 2 atom stereocenters. The zero-order valence-electron chi connectivity index (χ0n) is 13.2. The van der Waals surface area contributed by atoms with E-state index in [1.165, 1.54) is 22.4 Å². The Morgan fingerprint density at radius 3 is 2.09 bits per heavy atom. The molecule has 2 N–H and O–H groups in total. The standard InChI is InChI=1S/C21H20N2/c1-21(17-12-6-3-7-13-17)22-19-15-9-8-14-18(19)20(23-21)16-10-4-2-5-11-16/h2-15,20,22-23H,1H3/t20-,21+/m0/s1. The van der Waals surface area contributed by atoms with Crippen LogP contribution in [0, 0.1) is 0 Å². The van der Waals surface area contributed by atoms with Gasteiger partial charge in [0.25, 0.3) is 0 Å². The fraction of sp³-hybridized carbons (Fsp3) is 0.143. The van der Waals surface area contributed by atoms with Gasteiger partial charge < -0.3 is 5.32 Å². The van der Waals surface area contributed by atoms with Gasteiger partial charge in [0.1, 0.15) is 5.66 Å². The molecule has 3 aromatic carbocycles. The van der Waals surface area contributed by atoms with E-state index in [1.54, 1.807) is 0 Å². The predicted octanol–water partition coefficient (Wildman–Crippen LogP) is 4.66. The van der Waals surface area contributed by atoms with Gasteiger partial charge in [0.2, 0.25) is 0 Å². The van der Waals surface area contributed by atoms with Crippen molar-refractivity contribution in [1.29, 1.82) is 0 Å². The first-order valence-electron chi connectivity index (χ1n) is 8.01. The molecule has 0 aromatic heterocycles. The van der Waals surface area contributed by atoms with Gasteiger partial charge in [0.15, 0.2) is 0 Å². The summed E-state index contributed by atoms with van der Waals surface area (Å²) in [5, 5.41) is 7.49. The average molecular weight is 300 g/mol. The summed E-state index contributed by atoms with van der Waals surface area (Å²) in [5.74, 6) is 0. The summed E-state index contributed by atoms with van der Waals surface area (Å²) in [7, 11) is 0. The third kappa shape index (κ3) is 2.51. The molecule has 4 rings (SSSR count). The smallest absolute Gasteiger partial charge is 0.112 e. The van der Waals surface area contributed by atoms with Crippen molar-refractivity contribution in [2.24, 2.45) is 0 Å². The SMILES string of the molecule is C[C@@]1(c2ccccc2)Nc2ccccc2[C@H](c2ccccc2)N1. The van der Waals surface area contributed by atoms with Crippen molar-refractivity contribution in [3.05, 3.63) is 102 Å². The Labute approximate surface area is 137 Å². The number of nitrogens with one attached hydrogen (secondary N) is 2. The van der Waals surface area contributed by atoms with Crippen molar-refractivity contribution in [3.63, 3.8) is 0 Å². The van der Waals surface area contributed by atoms with E-state index in [1.807, 2.05) is 0 Å². The molecule has 23 heavy (non-hydrogen) atoms. The van der Waals surface area contributed by atoms with Gasteiger partial charge in [-0.25, -0.2) is 0 Å². The number of benzene rings is 3. The Bertz CT molecular complexity index is 798. The van der Waals surface area contributed by atoms with Crippen molar-refractivity contribution < 1.29 is 0 Å². The largest absolute Gasteiger partial charge is 0.363 e. The molecule has 2 nitrogen and oxygen atoms in total. The van der Waals surface area contributed by atoms with Crippen LogP contribution in [0.3, 0.4) is 0 Å². The highest BCUT2D eigenvalue weighted by Gasteiger charge is 2.35. The number of fused-ring (bicyclic) bond motifs is 1. The summed E-state index contributed by atoms with van der Waals surface area (Å²) < 4.78 is 0. The lowest BCUT2D eigenvalue weighted by atomic mass is 9.89. The normalized spacial score (nSPS) is 22.9. The van der Waals surface area contributed by atoms with Crippen LogP contribution in [-0.4, -0.2) is 0 Å². The van der Waals surface area contributed by atoms with Crippen molar-refractivity contribution in [2.75, 3.05) is 5.32 Å². The molecular formula is C21H20N2. The molecule has 0 bridgehead atoms. The molecule has 0 radical (unpaired) electrons. The first-order valence-corrected chi connectivity index (χ1v) is 8.01. The lowest BCUT2D eigenvalue weighted by molar-refractivity contribution is 0.367. The number of hydrogen-bond donors (Lipinski definition) is 2. The number of rotatable bonds is 2. The van der Waals surface area contributed by atoms with Crippen LogP contribution in [0.2, 0.25) is 0 Å². The van der Waals surface area contributed by atoms with E-state index in [2.05, 4.69) is 102 Å². The summed E-state index contributed by atoms with van der Waals surface area (Å²) >= 11 is 0. The van der Waals surface area contributed by atoms with E-state index in [0.29, 0.717) is 0 Å². The molecule has 1 aliphatic rings. The molecule has 114 valence electrons. The molecule has 0 unspecified atom stereocenters. The Morgan fingerprint density at radius 1 is 0.739 bits per heavy atom. The summed E-state index contributed by atoms with van der Waals surface area (Å²) in [6, 6.07) is 29.9. The monoisotopic (exact) mass is 300 g/mol. The van der Waals surface area contributed by atoms with Gasteiger partial charge in [0.05, 0.1) is 6.04 Å². The maximum absolute atomic E-state index is 3.81. The van der Waals surface area contributed by atoms with E-state index in [4.69, 9.17) is 0 Å². The van der Waals surface area contributed by atoms with Gasteiger partial charge in [0, 0.05) is 5.69 Å². The third-order valence-corrected chi connectivity index (χ3v) is 4.57. The van der Waals surface area contributed by atoms with E-state index < -0.39 is 0 Å². The van der Waals surface area contributed by atoms with Crippen LogP contribution in [0.25, 0.3) is 0 Å². The second kappa shape index (κ2) is 5.56. The first kappa shape index (κ1) is 14.0. The Kier molecular flexibility index (Phi) is 3.40. The van der Waals surface area contributed by atoms with Crippen molar-refractivity contribution in [1.82, 2.24) is 5.32 Å². The molecule has 0 saturated carbocycles. The van der Waals surface area contributed by atoms with E-state index in [9.17, 15) is 0 Å². The maximum atomic E-state index is 3.81. The van der Waals surface area contributed by atoms with E-state index >= 15 is 0 Å². The van der Waals surface area contributed by atoms with Gasteiger partial charge >= 0.3 is 0 Å². The van der Waals surface area contributed by atoms with Crippen LogP contribution in [-0.2, 0) is 5.66 Å². The highest BCUT2D eigenvalue weighted by Crippen LogP contribution is 2.39. The number of hydrogen-bond acceptors (Lipinski definition) is 2. The summed E-state index contributed by atoms with van der Waals surface area (Å²) in [6.45, 7) is 2.20. The summed E-state index contributed by atoms with van der Waals surface area (Å²) in [6.07, 6.45) is 0. The number of anilines is 1.